The molecule has 0 aliphatic heterocycles. The Balaban J connectivity index is 1.95. The van der Waals surface area contributed by atoms with Gasteiger partial charge >= 0.3 is 0 Å². The fourth-order valence-corrected chi connectivity index (χ4v) is 2.86. The molecule has 0 N–H and O–H groups in total. The minimum atomic E-state index is 0.424. The minimum absolute atomic E-state index is 0.424. The summed E-state index contributed by atoms with van der Waals surface area (Å²) in [6.07, 6.45) is 2.00. The fraction of sp³-hybridized carbons (Fsp3) is 0.188. The molecule has 0 amide bonds. The highest BCUT2D eigenvalue weighted by Gasteiger charge is 2.14. The van der Waals surface area contributed by atoms with Crippen LogP contribution in [-0.4, -0.2) is 23.5 Å². The van der Waals surface area contributed by atoms with E-state index in [4.69, 9.17) is 4.74 Å². The Morgan fingerprint density at radius 2 is 1.90 bits per heavy atom. The van der Waals surface area contributed by atoms with Crippen LogP contribution in [-0.2, 0) is 6.61 Å². The van der Waals surface area contributed by atoms with E-state index in [1.54, 1.807) is 0 Å². The molecule has 4 nitrogen and oxygen atoms in total. The van der Waals surface area contributed by atoms with Crippen LogP contribution in [0.1, 0.15) is 5.82 Å². The lowest BCUT2D eigenvalue weighted by Gasteiger charge is -2.14. The Kier molecular flexibility index (Phi) is 3.84. The highest BCUT2D eigenvalue weighted by Crippen LogP contribution is 2.28. The molecule has 3 rings (SSSR count). The lowest BCUT2D eigenvalue weighted by atomic mass is 10.3. The summed E-state index contributed by atoms with van der Waals surface area (Å²) in [5.74, 6) is 1.71. The predicted molar refractivity (Wildman–Crippen MR) is 88.0 cm³/mol. The lowest BCUT2D eigenvalue weighted by molar-refractivity contribution is 0.295. The van der Waals surface area contributed by atoms with Crippen molar-refractivity contribution >= 4 is 27.1 Å². The summed E-state index contributed by atoms with van der Waals surface area (Å²) in [7, 11) is 4.05. The van der Waals surface area contributed by atoms with Crippen molar-refractivity contribution < 1.29 is 4.74 Å². The monoisotopic (exact) mass is 345 g/mol. The molecule has 21 heavy (non-hydrogen) atoms. The van der Waals surface area contributed by atoms with E-state index < -0.39 is 0 Å². The van der Waals surface area contributed by atoms with Gasteiger partial charge < -0.3 is 9.64 Å². The molecule has 2 heterocycles. The summed E-state index contributed by atoms with van der Waals surface area (Å²) < 4.78 is 8.69. The number of benzene rings is 1. The maximum absolute atomic E-state index is 5.80. The molecule has 0 bridgehead atoms. The number of hydrogen-bond acceptors (Lipinski definition) is 3. The third-order valence-electron chi connectivity index (χ3n) is 3.27. The van der Waals surface area contributed by atoms with Crippen LogP contribution >= 0.6 is 15.9 Å². The van der Waals surface area contributed by atoms with Gasteiger partial charge in [0.05, 0.1) is 5.69 Å². The van der Waals surface area contributed by atoms with Gasteiger partial charge in [0.15, 0.2) is 5.82 Å². The van der Waals surface area contributed by atoms with Gasteiger partial charge in [0.2, 0.25) is 0 Å². The second-order valence-corrected chi connectivity index (χ2v) is 5.68. The average Bonchev–Trinajstić information content (AvgIpc) is 2.83. The number of aromatic nitrogens is 2. The molecule has 0 fully saturated rings. The molecule has 0 aliphatic carbocycles. The summed E-state index contributed by atoms with van der Waals surface area (Å²) in [5, 5.41) is 0. The molecule has 3 aromatic rings. The van der Waals surface area contributed by atoms with Crippen molar-refractivity contribution in [1.29, 1.82) is 0 Å². The lowest BCUT2D eigenvalue weighted by Crippen LogP contribution is -2.10. The van der Waals surface area contributed by atoms with Gasteiger partial charge in [-0.05, 0) is 40.2 Å². The van der Waals surface area contributed by atoms with Crippen LogP contribution in [0, 0.1) is 0 Å². The molecule has 108 valence electrons. The zero-order valence-corrected chi connectivity index (χ0v) is 13.5. The Bertz CT molecular complexity index is 753. The second-order valence-electron chi connectivity index (χ2n) is 4.93. The van der Waals surface area contributed by atoms with E-state index in [0.717, 1.165) is 27.4 Å². The van der Waals surface area contributed by atoms with E-state index in [1.165, 1.54) is 0 Å². The first-order valence-corrected chi connectivity index (χ1v) is 7.47. The predicted octanol–water partition coefficient (Wildman–Crippen LogP) is 3.74. The summed E-state index contributed by atoms with van der Waals surface area (Å²) >= 11 is 3.55. The second kappa shape index (κ2) is 5.77. The summed E-state index contributed by atoms with van der Waals surface area (Å²) in [6, 6.07) is 13.9. The van der Waals surface area contributed by atoms with Gasteiger partial charge in [0.1, 0.15) is 22.5 Å². The van der Waals surface area contributed by atoms with E-state index in [9.17, 15) is 0 Å². The average molecular weight is 346 g/mol. The third kappa shape index (κ3) is 2.74. The molecule has 0 saturated carbocycles. The molecular formula is C16H16BrN3O. The van der Waals surface area contributed by atoms with E-state index in [2.05, 4.69) is 36.3 Å². The molecule has 1 aromatic carbocycles. The van der Waals surface area contributed by atoms with Crippen LogP contribution in [0.3, 0.4) is 0 Å². The first-order valence-electron chi connectivity index (χ1n) is 6.67. The Morgan fingerprint density at radius 1 is 1.14 bits per heavy atom. The number of para-hydroxylation sites is 1. The number of nitrogens with zero attached hydrogens (tertiary/aromatic N) is 3. The zero-order chi connectivity index (χ0) is 14.8. The van der Waals surface area contributed by atoms with Gasteiger partial charge in [-0.2, -0.15) is 0 Å². The SMILES string of the molecule is CN(C)c1cccn2c(COc3ccccc3)nc(Br)c12. The van der Waals surface area contributed by atoms with Crippen LogP contribution < -0.4 is 9.64 Å². The first-order chi connectivity index (χ1) is 10.2. The largest absolute Gasteiger partial charge is 0.486 e. The number of halogens is 1. The smallest absolute Gasteiger partial charge is 0.152 e. The highest BCUT2D eigenvalue weighted by molar-refractivity contribution is 9.10. The van der Waals surface area contributed by atoms with E-state index >= 15 is 0 Å². The van der Waals surface area contributed by atoms with E-state index in [-0.39, 0.29) is 0 Å². The normalized spacial score (nSPS) is 10.8. The quantitative estimate of drug-likeness (QED) is 0.721. The van der Waals surface area contributed by atoms with Crippen molar-refractivity contribution in [1.82, 2.24) is 9.38 Å². The summed E-state index contributed by atoms with van der Waals surface area (Å²) in [5.41, 5.74) is 2.16. The Hall–Kier alpha value is -2.01. The highest BCUT2D eigenvalue weighted by atomic mass is 79.9. The van der Waals surface area contributed by atoms with Crippen molar-refractivity contribution in [3.8, 4) is 5.75 Å². The van der Waals surface area contributed by atoms with Gasteiger partial charge in [-0.15, -0.1) is 0 Å². The molecule has 0 aliphatic rings. The molecular weight excluding hydrogens is 330 g/mol. The molecule has 0 saturated heterocycles. The molecule has 0 spiro atoms. The summed E-state index contributed by atoms with van der Waals surface area (Å²) in [4.78, 5) is 6.65. The van der Waals surface area contributed by atoms with Gasteiger partial charge in [0, 0.05) is 20.3 Å². The summed E-state index contributed by atoms with van der Waals surface area (Å²) in [6.45, 7) is 0.424. The standard InChI is InChI=1S/C16H16BrN3O/c1-19(2)13-9-6-10-20-14(18-16(17)15(13)20)11-21-12-7-4-3-5-8-12/h3-10H,11H2,1-2H3. The van der Waals surface area contributed by atoms with Crippen molar-refractivity contribution in [2.24, 2.45) is 0 Å². The van der Waals surface area contributed by atoms with Crippen LogP contribution in [0.25, 0.3) is 5.52 Å². The zero-order valence-electron chi connectivity index (χ0n) is 12.0. The van der Waals surface area contributed by atoms with Gasteiger partial charge in [-0.25, -0.2) is 4.98 Å². The molecule has 0 unspecified atom stereocenters. The maximum atomic E-state index is 5.80. The third-order valence-corrected chi connectivity index (χ3v) is 3.82. The minimum Gasteiger partial charge on any atom is -0.486 e. The number of pyridine rings is 1. The number of hydrogen-bond donors (Lipinski definition) is 0. The van der Waals surface area contributed by atoms with Gasteiger partial charge in [-0.1, -0.05) is 18.2 Å². The number of anilines is 1. The number of rotatable bonds is 4. The van der Waals surface area contributed by atoms with Gasteiger partial charge in [0.25, 0.3) is 0 Å². The van der Waals surface area contributed by atoms with Crippen molar-refractivity contribution in [3.63, 3.8) is 0 Å². The van der Waals surface area contributed by atoms with E-state index in [1.807, 2.05) is 56.7 Å². The van der Waals surface area contributed by atoms with Crippen LogP contribution in [0.4, 0.5) is 5.69 Å². The topological polar surface area (TPSA) is 29.8 Å². The molecule has 5 heteroatoms. The maximum Gasteiger partial charge on any atom is 0.152 e. The van der Waals surface area contributed by atoms with Crippen molar-refractivity contribution in [2.75, 3.05) is 19.0 Å². The van der Waals surface area contributed by atoms with Crippen LogP contribution in [0.15, 0.2) is 53.3 Å². The number of ether oxygens (including phenoxy) is 1. The number of fused-ring (bicyclic) bond motifs is 1. The molecule has 0 radical (unpaired) electrons. The first kappa shape index (κ1) is 13.9. The Labute approximate surface area is 132 Å². The van der Waals surface area contributed by atoms with Gasteiger partial charge in [-0.3, -0.25) is 4.40 Å². The van der Waals surface area contributed by atoms with Crippen molar-refractivity contribution in [2.45, 2.75) is 6.61 Å². The molecule has 2 aromatic heterocycles. The molecule has 0 atom stereocenters. The van der Waals surface area contributed by atoms with Crippen molar-refractivity contribution in [3.05, 3.63) is 59.1 Å². The van der Waals surface area contributed by atoms with Crippen LogP contribution in [0.5, 0.6) is 5.75 Å². The Morgan fingerprint density at radius 3 is 2.62 bits per heavy atom. The van der Waals surface area contributed by atoms with E-state index in [0.29, 0.717) is 6.61 Å². The number of imidazole rings is 1. The van der Waals surface area contributed by atoms with Crippen LogP contribution in [0.2, 0.25) is 0 Å². The fourth-order valence-electron chi connectivity index (χ4n) is 2.26.